The molecule has 2 fully saturated rings. The van der Waals surface area contributed by atoms with E-state index in [0.29, 0.717) is 36.3 Å². The lowest BCUT2D eigenvalue weighted by Gasteiger charge is -2.33. The van der Waals surface area contributed by atoms with Gasteiger partial charge in [-0.3, -0.25) is 4.90 Å². The second kappa shape index (κ2) is 7.42. The van der Waals surface area contributed by atoms with Crippen molar-refractivity contribution in [3.63, 3.8) is 0 Å². The Kier molecular flexibility index (Phi) is 5.01. The Morgan fingerprint density at radius 3 is 2.81 bits per heavy atom. The molecule has 1 saturated heterocycles. The minimum absolute atomic E-state index is 0.0722. The Labute approximate surface area is 151 Å². The molecule has 1 unspecified atom stereocenters. The van der Waals surface area contributed by atoms with Crippen LogP contribution in [0.15, 0.2) is 28.8 Å². The lowest BCUT2D eigenvalue weighted by molar-refractivity contribution is -0.991. The number of nitrogens with zero attached hydrogens (tertiary/aromatic N) is 3. The molecule has 2 aromatic rings. The smallest absolute Gasteiger partial charge is 0.244 e. The molecule has 2 aliphatic rings. The van der Waals surface area contributed by atoms with Crippen molar-refractivity contribution in [1.82, 2.24) is 15.0 Å². The Hall–Kier alpha value is -1.84. The number of quaternary nitrogens is 1. The summed E-state index contributed by atoms with van der Waals surface area (Å²) in [5.41, 5.74) is 0.802. The number of hydrogen-bond donors (Lipinski definition) is 3. The fourth-order valence-corrected chi connectivity index (χ4v) is 4.18. The van der Waals surface area contributed by atoms with Crippen molar-refractivity contribution in [2.24, 2.45) is 0 Å². The summed E-state index contributed by atoms with van der Waals surface area (Å²) in [7, 11) is 0. The molecule has 1 aromatic heterocycles. The van der Waals surface area contributed by atoms with Crippen LogP contribution in [0.5, 0.6) is 0 Å². The van der Waals surface area contributed by atoms with Gasteiger partial charge in [0.1, 0.15) is 0 Å². The molecule has 2 heterocycles. The Bertz CT molecular complexity index is 744. The Balaban J connectivity index is 1.57. The van der Waals surface area contributed by atoms with E-state index in [1.165, 1.54) is 25.3 Å². The van der Waals surface area contributed by atoms with E-state index < -0.39 is 5.23 Å². The number of rotatable bonds is 4. The molecule has 0 amide bonds. The molecule has 1 saturated carbocycles. The molecule has 1 aliphatic heterocycles. The molecule has 3 N–H and O–H groups in total. The summed E-state index contributed by atoms with van der Waals surface area (Å²) in [6.07, 6.45) is 6.22. The van der Waals surface area contributed by atoms with Gasteiger partial charge in [0.05, 0.1) is 12.1 Å². The quantitative estimate of drug-likeness (QED) is 0.710. The van der Waals surface area contributed by atoms with E-state index in [4.69, 9.17) is 9.73 Å². The van der Waals surface area contributed by atoms with Gasteiger partial charge < -0.3 is 14.8 Å². The van der Waals surface area contributed by atoms with Crippen molar-refractivity contribution in [1.29, 1.82) is 0 Å². The summed E-state index contributed by atoms with van der Waals surface area (Å²) in [6, 6.07) is 6.89. The van der Waals surface area contributed by atoms with Crippen molar-refractivity contribution >= 4 is 5.69 Å². The molecule has 140 valence electrons. The molecule has 1 aliphatic carbocycles. The highest BCUT2D eigenvalue weighted by molar-refractivity contribution is 5.58. The van der Waals surface area contributed by atoms with E-state index in [2.05, 4.69) is 15.0 Å². The van der Waals surface area contributed by atoms with Gasteiger partial charge >= 0.3 is 0 Å². The molecule has 8 nitrogen and oxygen atoms in total. The largest absolute Gasteiger partial charge is 0.595 e. The van der Waals surface area contributed by atoms with Crippen LogP contribution >= 0.6 is 0 Å². The fourth-order valence-electron chi connectivity index (χ4n) is 4.18. The first-order valence-electron chi connectivity index (χ1n) is 9.23. The summed E-state index contributed by atoms with van der Waals surface area (Å²) < 4.78 is 5.51. The SMILES string of the molecule is [O-][NH+](O)c1cccc(-c2noc([C@@H]3C[C@@H](O)CN3C3CCCCC3)n2)c1. The zero-order valence-corrected chi connectivity index (χ0v) is 14.5. The monoisotopic (exact) mass is 360 g/mol. The molecule has 4 rings (SSSR count). The van der Waals surface area contributed by atoms with Crippen LogP contribution in [0.25, 0.3) is 11.4 Å². The second-order valence-corrected chi connectivity index (χ2v) is 7.24. The third kappa shape index (κ3) is 3.51. The van der Waals surface area contributed by atoms with Crippen LogP contribution in [-0.2, 0) is 0 Å². The van der Waals surface area contributed by atoms with Crippen molar-refractivity contribution in [2.75, 3.05) is 6.54 Å². The molecular formula is C18H24N4O4. The van der Waals surface area contributed by atoms with E-state index in [1.54, 1.807) is 18.2 Å². The molecule has 8 heteroatoms. The summed E-state index contributed by atoms with van der Waals surface area (Å²) in [5.74, 6) is 0.885. The van der Waals surface area contributed by atoms with Crippen LogP contribution in [0, 0.1) is 5.21 Å². The van der Waals surface area contributed by atoms with Gasteiger partial charge in [-0.15, -0.1) is 0 Å². The standard InChI is InChI=1S/C18H24N4O4/c23-15-10-16(21(11-15)13-6-2-1-3-7-13)18-19-17(20-26-18)12-5-4-8-14(9-12)22(24)25/h4-5,8-9,13,15-16,22-24H,1-3,6-7,10-11H2/t15-,16+/m1/s1. The topological polar surface area (TPSA) is 110 Å². The predicted molar refractivity (Wildman–Crippen MR) is 92.5 cm³/mol. The van der Waals surface area contributed by atoms with E-state index in [-0.39, 0.29) is 17.8 Å². The first-order valence-corrected chi connectivity index (χ1v) is 9.23. The van der Waals surface area contributed by atoms with Crippen LogP contribution in [-0.4, -0.2) is 44.0 Å². The maximum absolute atomic E-state index is 11.2. The maximum Gasteiger partial charge on any atom is 0.244 e. The van der Waals surface area contributed by atoms with Gasteiger partial charge in [-0.2, -0.15) is 10.2 Å². The van der Waals surface area contributed by atoms with Crippen LogP contribution in [0.1, 0.15) is 50.5 Å². The zero-order valence-electron chi connectivity index (χ0n) is 14.5. The maximum atomic E-state index is 11.2. The lowest BCUT2D eigenvalue weighted by atomic mass is 9.94. The molecule has 26 heavy (non-hydrogen) atoms. The summed E-state index contributed by atoms with van der Waals surface area (Å²) in [6.45, 7) is 0.640. The van der Waals surface area contributed by atoms with Crippen LogP contribution in [0.3, 0.4) is 0 Å². The second-order valence-electron chi connectivity index (χ2n) is 7.24. The van der Waals surface area contributed by atoms with Gasteiger partial charge in [-0.05, 0) is 19.3 Å². The fraction of sp³-hybridized carbons (Fsp3) is 0.556. The average molecular weight is 360 g/mol. The molecule has 3 atom stereocenters. The zero-order chi connectivity index (χ0) is 18.1. The number of nitrogens with one attached hydrogen (secondary N) is 1. The highest BCUT2D eigenvalue weighted by Gasteiger charge is 2.39. The number of benzene rings is 1. The summed E-state index contributed by atoms with van der Waals surface area (Å²) >= 11 is 0. The molecule has 0 radical (unpaired) electrons. The van der Waals surface area contributed by atoms with Crippen molar-refractivity contribution < 1.29 is 20.1 Å². The number of aliphatic hydroxyl groups is 1. The molecule has 0 spiro atoms. The van der Waals surface area contributed by atoms with E-state index >= 15 is 0 Å². The van der Waals surface area contributed by atoms with Crippen molar-refractivity contribution in [3.05, 3.63) is 35.4 Å². The number of β-amino-alcohol motifs (C(OH)–C–C–N with tert-alkyl or cyclic N) is 1. The van der Waals surface area contributed by atoms with Gasteiger partial charge in [-0.25, -0.2) is 5.21 Å². The van der Waals surface area contributed by atoms with Crippen LogP contribution in [0.2, 0.25) is 0 Å². The Morgan fingerprint density at radius 1 is 1.23 bits per heavy atom. The van der Waals surface area contributed by atoms with E-state index in [1.807, 2.05) is 0 Å². The van der Waals surface area contributed by atoms with Gasteiger partial charge in [0.15, 0.2) is 5.69 Å². The van der Waals surface area contributed by atoms with Crippen LogP contribution in [0.4, 0.5) is 5.69 Å². The third-order valence-electron chi connectivity index (χ3n) is 5.46. The van der Waals surface area contributed by atoms with E-state index in [9.17, 15) is 10.3 Å². The number of likely N-dealkylation sites (tertiary alicyclic amines) is 1. The molecule has 1 aromatic carbocycles. The Morgan fingerprint density at radius 2 is 2.04 bits per heavy atom. The molecule has 0 bridgehead atoms. The molecular weight excluding hydrogens is 336 g/mol. The third-order valence-corrected chi connectivity index (χ3v) is 5.46. The first-order chi connectivity index (χ1) is 12.6. The minimum Gasteiger partial charge on any atom is -0.595 e. The van der Waals surface area contributed by atoms with Crippen molar-refractivity contribution in [2.45, 2.75) is 56.7 Å². The normalized spacial score (nSPS) is 26.3. The van der Waals surface area contributed by atoms with Gasteiger partial charge in [0.2, 0.25) is 11.7 Å². The number of aromatic nitrogens is 2. The number of hydrogen-bond acceptors (Lipinski definition) is 7. The summed E-state index contributed by atoms with van der Waals surface area (Å²) in [5, 5.41) is 33.5. The minimum atomic E-state index is -0.988. The van der Waals surface area contributed by atoms with Gasteiger partial charge in [-0.1, -0.05) is 36.6 Å². The predicted octanol–water partition coefficient (Wildman–Crippen LogP) is 1.58. The van der Waals surface area contributed by atoms with Crippen LogP contribution < -0.4 is 5.23 Å². The van der Waals surface area contributed by atoms with Crippen molar-refractivity contribution in [3.8, 4) is 11.4 Å². The highest BCUT2D eigenvalue weighted by atomic mass is 16.8. The van der Waals surface area contributed by atoms with Gasteiger partial charge in [0.25, 0.3) is 0 Å². The average Bonchev–Trinajstić information content (AvgIpc) is 3.29. The number of aliphatic hydroxyl groups excluding tert-OH is 1. The van der Waals surface area contributed by atoms with Gasteiger partial charge in [0, 0.05) is 30.3 Å². The van der Waals surface area contributed by atoms with E-state index in [0.717, 1.165) is 12.8 Å². The highest BCUT2D eigenvalue weighted by Crippen LogP contribution is 2.37. The lowest BCUT2D eigenvalue weighted by Crippen LogP contribution is -2.99. The first kappa shape index (κ1) is 17.6. The summed E-state index contributed by atoms with van der Waals surface area (Å²) in [4.78, 5) is 6.83.